The molecule has 0 saturated carbocycles. The molecule has 13 heavy (non-hydrogen) atoms. The number of hydrogen-bond acceptors (Lipinski definition) is 4. The largest absolute Gasteiger partial charge is 0.314 e. The fraction of sp³-hybridized carbons (Fsp3) is 1.00. The maximum Gasteiger partial charge on any atom is 0.0710 e. The van der Waals surface area contributed by atoms with Crippen LogP contribution in [0.25, 0.3) is 0 Å². The highest BCUT2D eigenvalue weighted by atomic mass is 15.7. The Kier molecular flexibility index (Phi) is 2.83. The van der Waals surface area contributed by atoms with E-state index in [0.29, 0.717) is 12.2 Å². The standard InChI is InChI=1S/C9H20N4/c1-8-7-11-9(2)13(8)12-5-3-10-4-6-12/h8-11H,3-7H2,1-2H3. The van der Waals surface area contributed by atoms with Gasteiger partial charge in [-0.25, -0.2) is 10.0 Å². The highest BCUT2D eigenvalue weighted by molar-refractivity contribution is 4.82. The Balaban J connectivity index is 1.96. The number of nitrogens with zero attached hydrogens (tertiary/aromatic N) is 2. The molecule has 2 atom stereocenters. The minimum atomic E-state index is 0.507. The molecule has 2 unspecified atom stereocenters. The second-order valence-corrected chi connectivity index (χ2v) is 4.02. The number of hydrogen-bond donors (Lipinski definition) is 2. The van der Waals surface area contributed by atoms with Crippen molar-refractivity contribution in [1.29, 1.82) is 0 Å². The van der Waals surface area contributed by atoms with Crippen molar-refractivity contribution < 1.29 is 0 Å². The third-order valence-electron chi connectivity index (χ3n) is 2.98. The summed E-state index contributed by atoms with van der Waals surface area (Å²) in [6, 6.07) is 0.646. The van der Waals surface area contributed by atoms with Crippen LogP contribution in [-0.2, 0) is 0 Å². The van der Waals surface area contributed by atoms with Crippen molar-refractivity contribution in [3.63, 3.8) is 0 Å². The van der Waals surface area contributed by atoms with E-state index in [-0.39, 0.29) is 0 Å². The molecule has 76 valence electrons. The summed E-state index contributed by atoms with van der Waals surface area (Å²) in [4.78, 5) is 0. The van der Waals surface area contributed by atoms with Crippen LogP contribution in [0, 0.1) is 0 Å². The second-order valence-electron chi connectivity index (χ2n) is 4.02. The summed E-state index contributed by atoms with van der Waals surface area (Å²) in [6.45, 7) is 10.2. The molecular formula is C9H20N4. The van der Waals surface area contributed by atoms with Gasteiger partial charge in [-0.3, -0.25) is 5.32 Å². The quantitative estimate of drug-likeness (QED) is 0.572. The van der Waals surface area contributed by atoms with Gasteiger partial charge in [0.05, 0.1) is 6.17 Å². The molecule has 4 heteroatoms. The zero-order chi connectivity index (χ0) is 9.26. The van der Waals surface area contributed by atoms with Crippen LogP contribution in [0.2, 0.25) is 0 Å². The van der Waals surface area contributed by atoms with Gasteiger partial charge in [0, 0.05) is 38.8 Å². The van der Waals surface area contributed by atoms with Gasteiger partial charge < -0.3 is 5.32 Å². The van der Waals surface area contributed by atoms with Gasteiger partial charge in [0.25, 0.3) is 0 Å². The minimum Gasteiger partial charge on any atom is -0.314 e. The van der Waals surface area contributed by atoms with Gasteiger partial charge in [-0.1, -0.05) is 0 Å². The molecule has 0 amide bonds. The van der Waals surface area contributed by atoms with Crippen molar-refractivity contribution in [2.24, 2.45) is 0 Å². The van der Waals surface area contributed by atoms with Gasteiger partial charge in [0.2, 0.25) is 0 Å². The highest BCUT2D eigenvalue weighted by Gasteiger charge is 2.31. The Bertz CT molecular complexity index is 157. The molecule has 0 aromatic rings. The Morgan fingerprint density at radius 2 is 1.85 bits per heavy atom. The van der Waals surface area contributed by atoms with Crippen molar-refractivity contribution in [1.82, 2.24) is 20.7 Å². The van der Waals surface area contributed by atoms with Gasteiger partial charge in [-0.15, -0.1) is 0 Å². The molecular weight excluding hydrogens is 164 g/mol. The van der Waals surface area contributed by atoms with Crippen LogP contribution in [0.4, 0.5) is 0 Å². The van der Waals surface area contributed by atoms with Crippen LogP contribution >= 0.6 is 0 Å². The average Bonchev–Trinajstić information content (AvgIpc) is 2.48. The van der Waals surface area contributed by atoms with Crippen LogP contribution in [0.1, 0.15) is 13.8 Å². The molecule has 0 bridgehead atoms. The Morgan fingerprint density at radius 3 is 2.38 bits per heavy atom. The summed E-state index contributed by atoms with van der Waals surface area (Å²) < 4.78 is 0. The Morgan fingerprint density at radius 1 is 1.15 bits per heavy atom. The SMILES string of the molecule is CC1CNC(C)N1N1CCNCC1. The molecule has 0 spiro atoms. The second kappa shape index (κ2) is 3.92. The van der Waals surface area contributed by atoms with Crippen LogP contribution in [0.15, 0.2) is 0 Å². The molecule has 0 aromatic carbocycles. The van der Waals surface area contributed by atoms with E-state index in [9.17, 15) is 0 Å². The molecule has 0 radical (unpaired) electrons. The van der Waals surface area contributed by atoms with Gasteiger partial charge in [-0.05, 0) is 13.8 Å². The molecule has 2 heterocycles. The van der Waals surface area contributed by atoms with E-state index in [0.717, 1.165) is 32.7 Å². The van der Waals surface area contributed by atoms with Crippen LogP contribution in [-0.4, -0.2) is 54.9 Å². The molecule has 2 fully saturated rings. The fourth-order valence-corrected chi connectivity index (χ4v) is 2.32. The number of rotatable bonds is 1. The number of hydrazine groups is 1. The predicted octanol–water partition coefficient (Wildman–Crippen LogP) is -0.554. The normalized spacial score (nSPS) is 38.3. The third-order valence-corrected chi connectivity index (χ3v) is 2.98. The number of piperazine rings is 1. The van der Waals surface area contributed by atoms with Gasteiger partial charge in [0.1, 0.15) is 0 Å². The first-order valence-electron chi connectivity index (χ1n) is 5.26. The van der Waals surface area contributed by atoms with E-state index in [4.69, 9.17) is 0 Å². The lowest BCUT2D eigenvalue weighted by Crippen LogP contribution is -2.56. The summed E-state index contributed by atoms with van der Waals surface area (Å²) in [5.41, 5.74) is 0. The van der Waals surface area contributed by atoms with Crippen LogP contribution < -0.4 is 10.6 Å². The summed E-state index contributed by atoms with van der Waals surface area (Å²) in [6.07, 6.45) is 0.507. The van der Waals surface area contributed by atoms with E-state index in [1.807, 2.05) is 0 Å². The molecule has 0 aliphatic carbocycles. The van der Waals surface area contributed by atoms with E-state index in [2.05, 4.69) is 34.5 Å². The topological polar surface area (TPSA) is 30.5 Å². The molecule has 2 saturated heterocycles. The van der Waals surface area contributed by atoms with Crippen molar-refractivity contribution in [2.45, 2.75) is 26.1 Å². The van der Waals surface area contributed by atoms with E-state index in [1.54, 1.807) is 0 Å². The first-order chi connectivity index (χ1) is 6.29. The maximum absolute atomic E-state index is 3.48. The Labute approximate surface area is 80.2 Å². The van der Waals surface area contributed by atoms with Crippen LogP contribution in [0.3, 0.4) is 0 Å². The third kappa shape index (κ3) is 1.86. The maximum atomic E-state index is 3.48. The van der Waals surface area contributed by atoms with Gasteiger partial charge in [-0.2, -0.15) is 0 Å². The zero-order valence-electron chi connectivity index (χ0n) is 8.58. The lowest BCUT2D eigenvalue weighted by Gasteiger charge is -2.39. The average molecular weight is 184 g/mol. The molecule has 4 nitrogen and oxygen atoms in total. The van der Waals surface area contributed by atoms with E-state index < -0.39 is 0 Å². The van der Waals surface area contributed by atoms with Gasteiger partial charge >= 0.3 is 0 Å². The van der Waals surface area contributed by atoms with E-state index in [1.165, 1.54) is 0 Å². The van der Waals surface area contributed by atoms with Crippen molar-refractivity contribution >= 4 is 0 Å². The first-order valence-corrected chi connectivity index (χ1v) is 5.26. The molecule has 2 aliphatic rings. The molecule has 2 N–H and O–H groups in total. The summed E-state index contributed by atoms with van der Waals surface area (Å²) in [7, 11) is 0. The van der Waals surface area contributed by atoms with Crippen molar-refractivity contribution in [3.8, 4) is 0 Å². The smallest absolute Gasteiger partial charge is 0.0710 e. The molecule has 2 rings (SSSR count). The Hall–Kier alpha value is -0.160. The minimum absolute atomic E-state index is 0.507. The summed E-state index contributed by atoms with van der Waals surface area (Å²) >= 11 is 0. The molecule has 0 aromatic heterocycles. The van der Waals surface area contributed by atoms with Crippen molar-refractivity contribution in [3.05, 3.63) is 0 Å². The van der Waals surface area contributed by atoms with Crippen molar-refractivity contribution in [2.75, 3.05) is 32.7 Å². The first kappa shape index (κ1) is 9.40. The molecule has 2 aliphatic heterocycles. The predicted molar refractivity (Wildman–Crippen MR) is 53.2 cm³/mol. The fourth-order valence-electron chi connectivity index (χ4n) is 2.32. The summed E-state index contributed by atoms with van der Waals surface area (Å²) in [5.74, 6) is 0. The highest BCUT2D eigenvalue weighted by Crippen LogP contribution is 2.14. The van der Waals surface area contributed by atoms with Gasteiger partial charge in [0.15, 0.2) is 0 Å². The lowest BCUT2D eigenvalue weighted by molar-refractivity contribution is -0.0665. The summed E-state index contributed by atoms with van der Waals surface area (Å²) in [5, 5.41) is 11.8. The lowest BCUT2D eigenvalue weighted by atomic mass is 10.3. The van der Waals surface area contributed by atoms with Crippen LogP contribution in [0.5, 0.6) is 0 Å². The van der Waals surface area contributed by atoms with E-state index >= 15 is 0 Å². The monoisotopic (exact) mass is 184 g/mol. The zero-order valence-corrected chi connectivity index (χ0v) is 8.58. The number of nitrogens with one attached hydrogen (secondary N) is 2.